The lowest BCUT2D eigenvalue weighted by atomic mass is 10.2. The molecule has 1 aromatic rings. The number of nitrogens with two attached hydrogens (primary N) is 1. The predicted molar refractivity (Wildman–Crippen MR) is 73.4 cm³/mol. The number of hydrazine groups is 1. The van der Waals surface area contributed by atoms with Crippen LogP contribution in [0.3, 0.4) is 0 Å². The molecule has 1 aromatic heterocycles. The number of amides is 2. The van der Waals surface area contributed by atoms with Crippen LogP contribution in [0, 0.1) is 0 Å². The van der Waals surface area contributed by atoms with Crippen LogP contribution in [0.25, 0.3) is 0 Å². The van der Waals surface area contributed by atoms with Crippen LogP contribution in [0.15, 0.2) is 18.3 Å². The number of rotatable bonds is 4. The summed E-state index contributed by atoms with van der Waals surface area (Å²) in [5.41, 5.74) is 3.31. The monoisotopic (exact) mass is 277 g/mol. The van der Waals surface area contributed by atoms with E-state index in [4.69, 9.17) is 5.84 Å². The summed E-state index contributed by atoms with van der Waals surface area (Å²) in [6.07, 6.45) is 3.36. The average molecular weight is 277 g/mol. The van der Waals surface area contributed by atoms with Crippen molar-refractivity contribution in [1.29, 1.82) is 0 Å². The van der Waals surface area contributed by atoms with Gasteiger partial charge < -0.3 is 5.32 Å². The van der Waals surface area contributed by atoms with Gasteiger partial charge in [0.25, 0.3) is 5.91 Å². The summed E-state index contributed by atoms with van der Waals surface area (Å²) in [7, 11) is 1.65. The zero-order chi connectivity index (χ0) is 14.5. The Balaban J connectivity index is 2.02. The maximum Gasteiger partial charge on any atom is 0.266 e. The first-order chi connectivity index (χ1) is 9.65. The van der Waals surface area contributed by atoms with Crippen molar-refractivity contribution in [3.63, 3.8) is 0 Å². The Morgan fingerprint density at radius 2 is 2.30 bits per heavy atom. The van der Waals surface area contributed by atoms with Crippen molar-refractivity contribution in [3.05, 3.63) is 29.6 Å². The smallest absolute Gasteiger partial charge is 0.266 e. The summed E-state index contributed by atoms with van der Waals surface area (Å²) < 4.78 is 0. The molecule has 1 saturated heterocycles. The SMILES string of the molecule is CNC(=O)C1CCCN1Cc1ccc(C(=O)NN)cn1. The number of hydrogen-bond acceptors (Lipinski definition) is 5. The number of likely N-dealkylation sites (tertiary alicyclic amines) is 1. The Labute approximate surface area is 117 Å². The summed E-state index contributed by atoms with van der Waals surface area (Å²) in [5, 5.41) is 2.69. The van der Waals surface area contributed by atoms with Crippen molar-refractivity contribution in [1.82, 2.24) is 20.6 Å². The summed E-state index contributed by atoms with van der Waals surface area (Å²) >= 11 is 0. The van der Waals surface area contributed by atoms with Crippen LogP contribution in [0.5, 0.6) is 0 Å². The third-order valence-corrected chi connectivity index (χ3v) is 3.50. The molecular formula is C13H19N5O2. The number of aromatic nitrogens is 1. The summed E-state index contributed by atoms with van der Waals surface area (Å²) in [5.74, 6) is 4.74. The number of carbonyl (C=O) groups excluding carboxylic acids is 2. The summed E-state index contributed by atoms with van der Waals surface area (Å²) in [6, 6.07) is 3.37. The van der Waals surface area contributed by atoms with Gasteiger partial charge in [0, 0.05) is 19.8 Å². The number of nitrogens with one attached hydrogen (secondary N) is 2. The second-order valence-corrected chi connectivity index (χ2v) is 4.75. The van der Waals surface area contributed by atoms with Crippen molar-refractivity contribution in [2.24, 2.45) is 5.84 Å². The molecule has 7 nitrogen and oxygen atoms in total. The summed E-state index contributed by atoms with van der Waals surface area (Å²) in [6.45, 7) is 1.48. The Hall–Kier alpha value is -1.99. The number of nitrogen functional groups attached to an aromatic ring is 1. The van der Waals surface area contributed by atoms with Crippen LogP contribution in [0.1, 0.15) is 28.9 Å². The third-order valence-electron chi connectivity index (χ3n) is 3.50. The van der Waals surface area contributed by atoms with E-state index in [0.29, 0.717) is 12.1 Å². The van der Waals surface area contributed by atoms with E-state index >= 15 is 0 Å². The molecule has 1 aliphatic heterocycles. The van der Waals surface area contributed by atoms with Gasteiger partial charge >= 0.3 is 0 Å². The highest BCUT2D eigenvalue weighted by atomic mass is 16.2. The molecule has 2 rings (SSSR count). The second kappa shape index (κ2) is 6.44. The highest BCUT2D eigenvalue weighted by Crippen LogP contribution is 2.19. The van der Waals surface area contributed by atoms with Crippen molar-refractivity contribution in [3.8, 4) is 0 Å². The van der Waals surface area contributed by atoms with Crippen LogP contribution in [0.2, 0.25) is 0 Å². The van der Waals surface area contributed by atoms with Gasteiger partial charge in [0.2, 0.25) is 5.91 Å². The highest BCUT2D eigenvalue weighted by Gasteiger charge is 2.30. The van der Waals surface area contributed by atoms with Crippen LogP contribution >= 0.6 is 0 Å². The first-order valence-electron chi connectivity index (χ1n) is 6.57. The van der Waals surface area contributed by atoms with Gasteiger partial charge in [-0.25, -0.2) is 5.84 Å². The predicted octanol–water partition coefficient (Wildman–Crippen LogP) is -0.604. The van der Waals surface area contributed by atoms with E-state index in [1.807, 2.05) is 0 Å². The molecule has 0 spiro atoms. The van der Waals surface area contributed by atoms with Gasteiger partial charge in [0.15, 0.2) is 0 Å². The Kier molecular flexibility index (Phi) is 4.65. The van der Waals surface area contributed by atoms with Gasteiger partial charge in [0.1, 0.15) is 0 Å². The molecular weight excluding hydrogens is 258 g/mol. The normalized spacial score (nSPS) is 18.8. The van der Waals surface area contributed by atoms with Crippen molar-refractivity contribution >= 4 is 11.8 Å². The molecule has 4 N–H and O–H groups in total. The maximum absolute atomic E-state index is 11.8. The van der Waals surface area contributed by atoms with Crippen molar-refractivity contribution in [2.75, 3.05) is 13.6 Å². The third kappa shape index (κ3) is 3.12. The van der Waals surface area contributed by atoms with Gasteiger partial charge in [-0.15, -0.1) is 0 Å². The molecule has 0 bridgehead atoms. The molecule has 2 amide bonds. The quantitative estimate of drug-likeness (QED) is 0.387. The Morgan fingerprint density at radius 1 is 1.50 bits per heavy atom. The Bertz CT molecular complexity index is 488. The average Bonchev–Trinajstić information content (AvgIpc) is 2.94. The van der Waals surface area contributed by atoms with Crippen LogP contribution in [-0.4, -0.2) is 41.3 Å². The van der Waals surface area contributed by atoms with E-state index in [1.54, 1.807) is 19.2 Å². The first-order valence-corrected chi connectivity index (χ1v) is 6.57. The largest absolute Gasteiger partial charge is 0.358 e. The highest BCUT2D eigenvalue weighted by molar-refractivity contribution is 5.93. The van der Waals surface area contributed by atoms with E-state index in [1.165, 1.54) is 6.20 Å². The minimum Gasteiger partial charge on any atom is -0.358 e. The van der Waals surface area contributed by atoms with E-state index in [0.717, 1.165) is 25.1 Å². The fraction of sp³-hybridized carbons (Fsp3) is 0.462. The fourth-order valence-electron chi connectivity index (χ4n) is 2.42. The molecule has 2 heterocycles. The molecule has 20 heavy (non-hydrogen) atoms. The standard InChI is InChI=1S/C13H19N5O2/c1-15-13(20)11-3-2-6-18(11)8-10-5-4-9(7-16-10)12(19)17-14/h4-5,7,11H,2-3,6,8,14H2,1H3,(H,15,20)(H,17,19). The number of hydrogen-bond donors (Lipinski definition) is 3. The van der Waals surface area contributed by atoms with Gasteiger partial charge in [-0.3, -0.25) is 24.9 Å². The van der Waals surface area contributed by atoms with Gasteiger partial charge in [-0.05, 0) is 31.5 Å². The lowest BCUT2D eigenvalue weighted by Gasteiger charge is -2.22. The van der Waals surface area contributed by atoms with Crippen LogP contribution in [-0.2, 0) is 11.3 Å². The molecule has 1 unspecified atom stereocenters. The number of likely N-dealkylation sites (N-methyl/N-ethyl adjacent to an activating group) is 1. The molecule has 0 saturated carbocycles. The molecule has 108 valence electrons. The molecule has 7 heteroatoms. The van der Waals surface area contributed by atoms with Crippen LogP contribution in [0.4, 0.5) is 0 Å². The van der Waals surface area contributed by atoms with E-state index < -0.39 is 0 Å². The van der Waals surface area contributed by atoms with Gasteiger partial charge in [-0.2, -0.15) is 0 Å². The molecule has 0 aliphatic carbocycles. The molecule has 0 radical (unpaired) electrons. The topological polar surface area (TPSA) is 100 Å². The number of carbonyl (C=O) groups is 2. The minimum absolute atomic E-state index is 0.0432. The maximum atomic E-state index is 11.8. The van der Waals surface area contributed by atoms with Gasteiger partial charge in [-0.1, -0.05) is 0 Å². The van der Waals surface area contributed by atoms with E-state index in [2.05, 4.69) is 20.6 Å². The van der Waals surface area contributed by atoms with Crippen molar-refractivity contribution in [2.45, 2.75) is 25.4 Å². The molecule has 1 fully saturated rings. The second-order valence-electron chi connectivity index (χ2n) is 4.75. The molecule has 0 aromatic carbocycles. The number of pyridine rings is 1. The first kappa shape index (κ1) is 14.4. The minimum atomic E-state index is -0.367. The zero-order valence-corrected chi connectivity index (χ0v) is 11.4. The lowest BCUT2D eigenvalue weighted by Crippen LogP contribution is -2.41. The molecule has 1 aliphatic rings. The summed E-state index contributed by atoms with van der Waals surface area (Å²) in [4.78, 5) is 29.4. The Morgan fingerprint density at radius 3 is 2.90 bits per heavy atom. The van der Waals surface area contributed by atoms with E-state index in [-0.39, 0.29) is 17.9 Å². The van der Waals surface area contributed by atoms with Crippen molar-refractivity contribution < 1.29 is 9.59 Å². The van der Waals surface area contributed by atoms with E-state index in [9.17, 15) is 9.59 Å². The fourth-order valence-corrected chi connectivity index (χ4v) is 2.42. The number of nitrogens with zero attached hydrogens (tertiary/aromatic N) is 2. The lowest BCUT2D eigenvalue weighted by molar-refractivity contribution is -0.125. The zero-order valence-electron chi connectivity index (χ0n) is 11.4. The van der Waals surface area contributed by atoms with Gasteiger partial charge in [0.05, 0.1) is 17.3 Å². The van der Waals surface area contributed by atoms with Crippen LogP contribution < -0.4 is 16.6 Å². The molecule has 1 atom stereocenters.